The van der Waals surface area contributed by atoms with Gasteiger partial charge >= 0.3 is 5.92 Å². The summed E-state index contributed by atoms with van der Waals surface area (Å²) in [6.07, 6.45) is 0.342. The van der Waals surface area contributed by atoms with Crippen LogP contribution in [0, 0.1) is 6.92 Å². The van der Waals surface area contributed by atoms with Crippen molar-refractivity contribution in [3.05, 3.63) is 28.8 Å². The maximum Gasteiger partial charge on any atom is 0.352 e. The summed E-state index contributed by atoms with van der Waals surface area (Å²) in [7, 11) is 0. The van der Waals surface area contributed by atoms with Crippen LogP contribution in [0.2, 0.25) is 5.02 Å². The van der Waals surface area contributed by atoms with Crippen molar-refractivity contribution in [1.82, 2.24) is 0 Å². The number of amides is 1. The molecule has 0 bridgehead atoms. The van der Waals surface area contributed by atoms with Crippen LogP contribution >= 0.6 is 11.6 Å². The van der Waals surface area contributed by atoms with E-state index in [1.54, 1.807) is 13.0 Å². The molecule has 0 aromatic heterocycles. The van der Waals surface area contributed by atoms with E-state index in [9.17, 15) is 18.7 Å². The highest BCUT2D eigenvalue weighted by molar-refractivity contribution is 6.33. The second kappa shape index (κ2) is 4.72. The second-order valence-corrected chi connectivity index (χ2v) is 5.30. The van der Waals surface area contributed by atoms with Gasteiger partial charge in [-0.05, 0) is 43.9 Å². The van der Waals surface area contributed by atoms with Gasteiger partial charge in [-0.15, -0.1) is 0 Å². The summed E-state index contributed by atoms with van der Waals surface area (Å²) in [6, 6.07) is 4.72. The molecule has 1 aromatic rings. The smallest absolute Gasteiger partial charge is 0.352 e. The van der Waals surface area contributed by atoms with E-state index in [4.69, 9.17) is 11.6 Å². The predicted octanol–water partition coefficient (Wildman–Crippen LogP) is 3.14. The first-order valence-corrected chi connectivity index (χ1v) is 6.32. The Labute approximate surface area is 114 Å². The van der Waals surface area contributed by atoms with Gasteiger partial charge in [0.1, 0.15) is 5.60 Å². The highest BCUT2D eigenvalue weighted by atomic mass is 35.5. The molecule has 0 heterocycles. The highest BCUT2D eigenvalue weighted by Gasteiger charge is 2.61. The Kier molecular flexibility index (Phi) is 3.53. The molecule has 6 heteroatoms. The van der Waals surface area contributed by atoms with Crippen LogP contribution in [0.3, 0.4) is 0 Å². The molecule has 1 aromatic carbocycles. The van der Waals surface area contributed by atoms with E-state index in [1.165, 1.54) is 12.1 Å². The first-order valence-electron chi connectivity index (χ1n) is 5.94. The summed E-state index contributed by atoms with van der Waals surface area (Å²) in [5, 5.41) is 11.9. The van der Waals surface area contributed by atoms with E-state index in [0.29, 0.717) is 6.42 Å². The van der Waals surface area contributed by atoms with E-state index >= 15 is 0 Å². The number of alkyl halides is 2. The van der Waals surface area contributed by atoms with Crippen LogP contribution in [0.4, 0.5) is 14.5 Å². The Morgan fingerprint density at radius 3 is 2.63 bits per heavy atom. The number of rotatable bonds is 3. The number of halogens is 3. The minimum absolute atomic E-state index is 0.0744. The van der Waals surface area contributed by atoms with Crippen molar-refractivity contribution in [1.29, 1.82) is 0 Å². The normalized spacial score (nSPS) is 17.7. The van der Waals surface area contributed by atoms with Crippen LogP contribution in [0.1, 0.15) is 24.8 Å². The zero-order chi connectivity index (χ0) is 14.3. The molecular weight excluding hydrogens is 276 g/mol. The second-order valence-electron chi connectivity index (χ2n) is 4.90. The fourth-order valence-electron chi connectivity index (χ4n) is 1.97. The third kappa shape index (κ3) is 2.44. The molecule has 19 heavy (non-hydrogen) atoms. The first-order chi connectivity index (χ1) is 8.76. The molecule has 104 valence electrons. The number of hydrogen-bond acceptors (Lipinski definition) is 2. The quantitative estimate of drug-likeness (QED) is 0.898. The molecule has 1 fully saturated rings. The summed E-state index contributed by atoms with van der Waals surface area (Å²) in [4.78, 5) is 11.7. The standard InChI is InChI=1S/C13H14ClF2NO2/c1-8-3-4-9(14)10(7-8)17-11(18)13(15,16)12(19)5-2-6-12/h3-4,7,19H,2,5-6H2,1H3,(H,17,18). The lowest BCUT2D eigenvalue weighted by Crippen LogP contribution is -2.59. The SMILES string of the molecule is Cc1ccc(Cl)c(NC(=O)C(F)(F)C2(O)CCC2)c1. The van der Waals surface area contributed by atoms with Gasteiger partial charge < -0.3 is 10.4 Å². The number of carbonyl (C=O) groups is 1. The number of carbonyl (C=O) groups excluding carboxylic acids is 1. The minimum Gasteiger partial charge on any atom is -0.383 e. The van der Waals surface area contributed by atoms with E-state index in [0.717, 1.165) is 5.56 Å². The summed E-state index contributed by atoms with van der Waals surface area (Å²) < 4.78 is 27.7. The average molecular weight is 290 g/mol. The Balaban J connectivity index is 2.19. The molecule has 1 amide bonds. The fourth-order valence-corrected chi connectivity index (χ4v) is 2.14. The molecule has 2 rings (SSSR count). The lowest BCUT2D eigenvalue weighted by atomic mass is 9.75. The number of benzene rings is 1. The summed E-state index contributed by atoms with van der Waals surface area (Å²) in [5.41, 5.74) is -1.33. The van der Waals surface area contributed by atoms with Gasteiger partial charge in [0.25, 0.3) is 5.91 Å². The molecule has 2 N–H and O–H groups in total. The Bertz CT molecular complexity index is 515. The molecule has 0 saturated heterocycles. The van der Waals surface area contributed by atoms with Gasteiger partial charge in [0.2, 0.25) is 0 Å². The van der Waals surface area contributed by atoms with Gasteiger partial charge in [-0.1, -0.05) is 17.7 Å². The van der Waals surface area contributed by atoms with Crippen molar-refractivity contribution >= 4 is 23.2 Å². The van der Waals surface area contributed by atoms with Gasteiger partial charge in [-0.2, -0.15) is 8.78 Å². The van der Waals surface area contributed by atoms with Crippen LogP contribution in [0.25, 0.3) is 0 Å². The first kappa shape index (κ1) is 14.2. The van der Waals surface area contributed by atoms with Crippen molar-refractivity contribution in [2.75, 3.05) is 5.32 Å². The van der Waals surface area contributed by atoms with Gasteiger partial charge in [-0.25, -0.2) is 0 Å². The van der Waals surface area contributed by atoms with Crippen LogP contribution in [0.15, 0.2) is 18.2 Å². The van der Waals surface area contributed by atoms with Crippen LogP contribution in [-0.4, -0.2) is 22.5 Å². The number of anilines is 1. The number of hydrogen-bond donors (Lipinski definition) is 2. The van der Waals surface area contributed by atoms with Crippen molar-refractivity contribution in [3.8, 4) is 0 Å². The number of aliphatic hydroxyl groups is 1. The number of aryl methyl sites for hydroxylation is 1. The minimum atomic E-state index is -3.82. The zero-order valence-electron chi connectivity index (χ0n) is 10.3. The van der Waals surface area contributed by atoms with E-state index in [1.807, 2.05) is 0 Å². The average Bonchev–Trinajstić information content (AvgIpc) is 2.30. The zero-order valence-corrected chi connectivity index (χ0v) is 11.1. The molecule has 1 aliphatic carbocycles. The van der Waals surface area contributed by atoms with Crippen molar-refractivity contribution in [2.45, 2.75) is 37.7 Å². The predicted molar refractivity (Wildman–Crippen MR) is 68.6 cm³/mol. The van der Waals surface area contributed by atoms with Crippen LogP contribution in [0.5, 0.6) is 0 Å². The van der Waals surface area contributed by atoms with Crippen LogP contribution < -0.4 is 5.32 Å². The molecule has 0 unspecified atom stereocenters. The molecular formula is C13H14ClF2NO2. The van der Waals surface area contributed by atoms with E-state index in [2.05, 4.69) is 5.32 Å². The lowest BCUT2D eigenvalue weighted by molar-refractivity contribution is -0.212. The Morgan fingerprint density at radius 1 is 1.47 bits per heavy atom. The third-order valence-electron chi connectivity index (χ3n) is 3.42. The third-order valence-corrected chi connectivity index (χ3v) is 3.75. The van der Waals surface area contributed by atoms with Crippen LogP contribution in [-0.2, 0) is 4.79 Å². The molecule has 0 aliphatic heterocycles. The van der Waals surface area contributed by atoms with Crippen molar-refractivity contribution < 1.29 is 18.7 Å². The highest BCUT2D eigenvalue weighted by Crippen LogP contribution is 2.44. The van der Waals surface area contributed by atoms with Crippen molar-refractivity contribution in [3.63, 3.8) is 0 Å². The number of nitrogens with one attached hydrogen (secondary N) is 1. The topological polar surface area (TPSA) is 49.3 Å². The molecule has 0 atom stereocenters. The molecule has 3 nitrogen and oxygen atoms in total. The molecule has 1 saturated carbocycles. The summed E-state index contributed by atoms with van der Waals surface area (Å²) in [5.74, 6) is -5.35. The molecule has 1 aliphatic rings. The molecule has 0 radical (unpaired) electrons. The van der Waals surface area contributed by atoms with E-state index in [-0.39, 0.29) is 23.6 Å². The van der Waals surface area contributed by atoms with Gasteiger partial charge in [0.15, 0.2) is 0 Å². The van der Waals surface area contributed by atoms with Gasteiger partial charge in [0.05, 0.1) is 10.7 Å². The largest absolute Gasteiger partial charge is 0.383 e. The van der Waals surface area contributed by atoms with Crippen molar-refractivity contribution in [2.24, 2.45) is 0 Å². The Morgan fingerprint density at radius 2 is 2.11 bits per heavy atom. The van der Waals surface area contributed by atoms with Gasteiger partial charge in [0, 0.05) is 0 Å². The maximum absolute atomic E-state index is 13.9. The Hall–Kier alpha value is -1.20. The van der Waals surface area contributed by atoms with E-state index < -0.39 is 17.4 Å². The summed E-state index contributed by atoms with van der Waals surface area (Å²) >= 11 is 5.83. The summed E-state index contributed by atoms with van der Waals surface area (Å²) in [6.45, 7) is 1.75. The lowest BCUT2D eigenvalue weighted by Gasteiger charge is -2.41. The van der Waals surface area contributed by atoms with Gasteiger partial charge in [-0.3, -0.25) is 4.79 Å². The maximum atomic E-state index is 13.9. The fraction of sp³-hybridized carbons (Fsp3) is 0.462. The molecule has 0 spiro atoms. The monoisotopic (exact) mass is 289 g/mol.